The topological polar surface area (TPSA) is 78.4 Å². The van der Waals surface area contributed by atoms with Crippen LogP contribution >= 0.6 is 0 Å². The number of carboxylic acid groups (broad SMARTS) is 1. The van der Waals surface area contributed by atoms with Crippen molar-refractivity contribution in [1.82, 2.24) is 10.6 Å². The molecule has 0 aromatic heterocycles. The molecule has 0 rings (SSSR count). The zero-order valence-corrected chi connectivity index (χ0v) is 13.9. The molecule has 0 aliphatic rings. The molecule has 0 aromatic rings. The third-order valence-corrected chi connectivity index (χ3v) is 3.71. The van der Waals surface area contributed by atoms with Crippen LogP contribution in [0.15, 0.2) is 0 Å². The van der Waals surface area contributed by atoms with E-state index in [1.54, 1.807) is 0 Å². The summed E-state index contributed by atoms with van der Waals surface area (Å²) in [6.45, 7) is 9.09. The molecule has 2 atom stereocenters. The van der Waals surface area contributed by atoms with Gasteiger partial charge in [-0.3, -0.25) is 4.79 Å². The number of carbonyl (C=O) groups is 2. The van der Waals surface area contributed by atoms with Crippen molar-refractivity contribution in [2.75, 3.05) is 13.1 Å². The van der Waals surface area contributed by atoms with Gasteiger partial charge in [-0.25, -0.2) is 4.79 Å². The molecule has 0 heterocycles. The molecule has 0 aromatic carbocycles. The van der Waals surface area contributed by atoms with Crippen LogP contribution in [0.2, 0.25) is 0 Å². The van der Waals surface area contributed by atoms with E-state index in [9.17, 15) is 9.59 Å². The Hall–Kier alpha value is -1.26. The van der Waals surface area contributed by atoms with Gasteiger partial charge in [0, 0.05) is 13.1 Å². The number of unbranched alkanes of at least 4 members (excludes halogenated alkanes) is 1. The SMILES string of the molecule is CCCCC(CC)CNC(=O)NCC(CC(C)C)C(=O)O. The van der Waals surface area contributed by atoms with Gasteiger partial charge < -0.3 is 15.7 Å². The number of rotatable bonds is 11. The molecule has 0 spiro atoms. The Morgan fingerprint density at radius 1 is 1.10 bits per heavy atom. The predicted octanol–water partition coefficient (Wildman–Crippen LogP) is 3.25. The van der Waals surface area contributed by atoms with E-state index < -0.39 is 11.9 Å². The van der Waals surface area contributed by atoms with Crippen LogP contribution in [0.3, 0.4) is 0 Å². The number of aliphatic carboxylic acids is 1. The van der Waals surface area contributed by atoms with E-state index in [0.29, 0.717) is 24.8 Å². The minimum Gasteiger partial charge on any atom is -0.481 e. The van der Waals surface area contributed by atoms with Gasteiger partial charge in [0.1, 0.15) is 0 Å². The Labute approximate surface area is 128 Å². The number of nitrogens with one attached hydrogen (secondary N) is 2. The van der Waals surface area contributed by atoms with Crippen LogP contribution in [0.4, 0.5) is 4.79 Å². The van der Waals surface area contributed by atoms with Gasteiger partial charge in [-0.05, 0) is 24.7 Å². The maximum absolute atomic E-state index is 11.7. The van der Waals surface area contributed by atoms with Crippen molar-refractivity contribution in [3.8, 4) is 0 Å². The highest BCUT2D eigenvalue weighted by Crippen LogP contribution is 2.12. The molecule has 0 fully saturated rings. The minimum atomic E-state index is -0.849. The van der Waals surface area contributed by atoms with Crippen molar-refractivity contribution in [2.45, 2.75) is 59.8 Å². The fraction of sp³-hybridized carbons (Fsp3) is 0.875. The van der Waals surface area contributed by atoms with Gasteiger partial charge in [0.25, 0.3) is 0 Å². The quantitative estimate of drug-likeness (QED) is 0.548. The largest absolute Gasteiger partial charge is 0.481 e. The van der Waals surface area contributed by atoms with Crippen molar-refractivity contribution in [2.24, 2.45) is 17.8 Å². The Morgan fingerprint density at radius 3 is 2.19 bits per heavy atom. The van der Waals surface area contributed by atoms with Crippen LogP contribution in [0, 0.1) is 17.8 Å². The highest BCUT2D eigenvalue weighted by Gasteiger charge is 2.19. The lowest BCUT2D eigenvalue weighted by molar-refractivity contribution is -0.142. The molecule has 2 unspecified atom stereocenters. The van der Waals surface area contributed by atoms with Gasteiger partial charge >= 0.3 is 12.0 Å². The van der Waals surface area contributed by atoms with Gasteiger partial charge in [0.15, 0.2) is 0 Å². The first-order valence-electron chi connectivity index (χ1n) is 8.15. The van der Waals surface area contributed by atoms with E-state index in [1.165, 1.54) is 6.42 Å². The highest BCUT2D eigenvalue weighted by atomic mass is 16.4. The van der Waals surface area contributed by atoms with Crippen molar-refractivity contribution in [1.29, 1.82) is 0 Å². The molecular weight excluding hydrogens is 268 g/mol. The van der Waals surface area contributed by atoms with E-state index in [2.05, 4.69) is 24.5 Å². The average molecular weight is 300 g/mol. The first-order valence-corrected chi connectivity index (χ1v) is 8.15. The van der Waals surface area contributed by atoms with Gasteiger partial charge in [-0.15, -0.1) is 0 Å². The summed E-state index contributed by atoms with van der Waals surface area (Å²) in [5.41, 5.74) is 0. The molecule has 0 aliphatic heterocycles. The van der Waals surface area contributed by atoms with E-state index in [0.717, 1.165) is 19.3 Å². The van der Waals surface area contributed by atoms with Crippen LogP contribution in [0.5, 0.6) is 0 Å². The Kier molecular flexibility index (Phi) is 10.7. The maximum atomic E-state index is 11.7. The van der Waals surface area contributed by atoms with Gasteiger partial charge in [0.2, 0.25) is 0 Å². The van der Waals surface area contributed by atoms with Crippen molar-refractivity contribution < 1.29 is 14.7 Å². The van der Waals surface area contributed by atoms with Crippen LogP contribution in [-0.2, 0) is 4.79 Å². The molecule has 5 nitrogen and oxygen atoms in total. The first-order chi connectivity index (χ1) is 9.90. The fourth-order valence-corrected chi connectivity index (χ4v) is 2.30. The number of hydrogen-bond acceptors (Lipinski definition) is 2. The minimum absolute atomic E-state index is 0.186. The molecule has 21 heavy (non-hydrogen) atoms. The number of hydrogen-bond donors (Lipinski definition) is 3. The molecule has 124 valence electrons. The third kappa shape index (κ3) is 10.2. The van der Waals surface area contributed by atoms with Crippen LogP contribution < -0.4 is 10.6 Å². The summed E-state index contributed by atoms with van der Waals surface area (Å²) in [5.74, 6) is -0.563. The second-order valence-corrected chi connectivity index (χ2v) is 6.17. The predicted molar refractivity (Wildman–Crippen MR) is 85.3 cm³/mol. The molecule has 0 bridgehead atoms. The summed E-state index contributed by atoms with van der Waals surface area (Å²) in [5, 5.41) is 14.6. The molecular formula is C16H32N2O3. The summed E-state index contributed by atoms with van der Waals surface area (Å²) in [7, 11) is 0. The summed E-state index contributed by atoms with van der Waals surface area (Å²) >= 11 is 0. The number of urea groups is 1. The third-order valence-electron chi connectivity index (χ3n) is 3.71. The average Bonchev–Trinajstić information content (AvgIpc) is 2.43. The monoisotopic (exact) mass is 300 g/mol. The first kappa shape index (κ1) is 19.7. The normalized spacial score (nSPS) is 13.8. The van der Waals surface area contributed by atoms with Gasteiger partial charge in [0.05, 0.1) is 5.92 Å². The van der Waals surface area contributed by atoms with Crippen LogP contribution in [-0.4, -0.2) is 30.2 Å². The number of carbonyl (C=O) groups excluding carboxylic acids is 1. The Balaban J connectivity index is 4.03. The van der Waals surface area contributed by atoms with Crippen molar-refractivity contribution in [3.63, 3.8) is 0 Å². The fourth-order valence-electron chi connectivity index (χ4n) is 2.30. The van der Waals surface area contributed by atoms with Crippen LogP contribution in [0.1, 0.15) is 59.8 Å². The molecule has 5 heteroatoms. The van der Waals surface area contributed by atoms with Crippen LogP contribution in [0.25, 0.3) is 0 Å². The van der Waals surface area contributed by atoms with Gasteiger partial charge in [-0.1, -0.05) is 47.0 Å². The molecule has 0 radical (unpaired) electrons. The highest BCUT2D eigenvalue weighted by molar-refractivity contribution is 5.75. The smallest absolute Gasteiger partial charge is 0.314 e. The lowest BCUT2D eigenvalue weighted by Gasteiger charge is -2.18. The molecule has 2 amide bonds. The molecule has 0 saturated carbocycles. The Morgan fingerprint density at radius 2 is 1.71 bits per heavy atom. The second kappa shape index (κ2) is 11.4. The lowest BCUT2D eigenvalue weighted by Crippen LogP contribution is -2.41. The summed E-state index contributed by atoms with van der Waals surface area (Å²) in [6.07, 6.45) is 5.09. The van der Waals surface area contributed by atoms with Crippen molar-refractivity contribution in [3.05, 3.63) is 0 Å². The van der Waals surface area contributed by atoms with Gasteiger partial charge in [-0.2, -0.15) is 0 Å². The summed E-state index contributed by atoms with van der Waals surface area (Å²) in [4.78, 5) is 22.8. The Bertz CT molecular complexity index is 306. The zero-order chi connectivity index (χ0) is 16.3. The van der Waals surface area contributed by atoms with E-state index in [-0.39, 0.29) is 12.6 Å². The molecule has 0 aliphatic carbocycles. The molecule has 3 N–H and O–H groups in total. The summed E-state index contributed by atoms with van der Waals surface area (Å²) < 4.78 is 0. The maximum Gasteiger partial charge on any atom is 0.314 e. The second-order valence-electron chi connectivity index (χ2n) is 6.17. The number of carboxylic acids is 1. The van der Waals surface area contributed by atoms with E-state index in [1.807, 2.05) is 13.8 Å². The van der Waals surface area contributed by atoms with E-state index in [4.69, 9.17) is 5.11 Å². The summed E-state index contributed by atoms with van der Waals surface area (Å²) in [6, 6.07) is -0.264. The molecule has 0 saturated heterocycles. The standard InChI is InChI=1S/C16H32N2O3/c1-5-7-8-13(6-2)10-17-16(21)18-11-14(15(19)20)9-12(3)4/h12-14H,5-11H2,1-4H3,(H,19,20)(H2,17,18,21). The number of amides is 2. The van der Waals surface area contributed by atoms with Crippen molar-refractivity contribution >= 4 is 12.0 Å². The van der Waals surface area contributed by atoms with E-state index >= 15 is 0 Å². The zero-order valence-electron chi connectivity index (χ0n) is 13.9. The lowest BCUT2D eigenvalue weighted by atomic mass is 9.97.